The van der Waals surface area contributed by atoms with E-state index in [0.29, 0.717) is 37.3 Å². The number of amides is 2. The molecule has 2 aliphatic rings. The molecule has 2 aliphatic heterocycles. The first-order valence-corrected chi connectivity index (χ1v) is 12.1. The van der Waals surface area contributed by atoms with E-state index >= 15 is 0 Å². The highest BCUT2D eigenvalue weighted by molar-refractivity contribution is 7.89. The molecule has 188 valence electrons. The summed E-state index contributed by atoms with van der Waals surface area (Å²) in [6, 6.07) is 10.5. The molecule has 2 amide bonds. The normalized spacial score (nSPS) is 20.0. The molecule has 0 aliphatic carbocycles. The van der Waals surface area contributed by atoms with Crippen molar-refractivity contribution in [3.05, 3.63) is 59.7 Å². The summed E-state index contributed by atoms with van der Waals surface area (Å²) in [6.07, 6.45) is -5.31. The number of likely N-dealkylation sites (tertiary alicyclic amines) is 2. The standard InChI is InChI=1S/C22H22F3N3O6S/c23-22(24,25)34-18-5-1-14(2-6-18)13-33-21(30)28-11-16-9-27(10-17(16)12-28)20(29)15-3-7-19(8-4-15)35(26,31)32/h1-8,16-17H,9-13H2,(H2,26,31,32)/t16-,17-/m0/s1. The van der Waals surface area contributed by atoms with E-state index in [2.05, 4.69) is 4.74 Å². The molecule has 35 heavy (non-hydrogen) atoms. The summed E-state index contributed by atoms with van der Waals surface area (Å²) in [6.45, 7) is 1.62. The van der Waals surface area contributed by atoms with Crippen molar-refractivity contribution in [1.29, 1.82) is 0 Å². The summed E-state index contributed by atoms with van der Waals surface area (Å²) in [7, 11) is -3.84. The number of nitrogens with zero attached hydrogens (tertiary/aromatic N) is 2. The van der Waals surface area contributed by atoms with Crippen LogP contribution < -0.4 is 9.88 Å². The van der Waals surface area contributed by atoms with Crippen LogP contribution in [0.25, 0.3) is 0 Å². The highest BCUT2D eigenvalue weighted by Crippen LogP contribution is 2.32. The molecule has 9 nitrogen and oxygen atoms in total. The maximum Gasteiger partial charge on any atom is 0.573 e. The van der Waals surface area contributed by atoms with E-state index < -0.39 is 22.5 Å². The van der Waals surface area contributed by atoms with E-state index in [1.807, 2.05) is 0 Å². The van der Waals surface area contributed by atoms with Gasteiger partial charge < -0.3 is 19.3 Å². The van der Waals surface area contributed by atoms with Crippen molar-refractivity contribution in [2.24, 2.45) is 17.0 Å². The third-order valence-corrected chi connectivity index (χ3v) is 6.91. The second-order valence-corrected chi connectivity index (χ2v) is 10.0. The fraction of sp³-hybridized carbons (Fsp3) is 0.364. The molecule has 2 aromatic rings. The minimum atomic E-state index is -4.78. The highest BCUT2D eigenvalue weighted by atomic mass is 32.2. The zero-order valence-corrected chi connectivity index (χ0v) is 19.1. The van der Waals surface area contributed by atoms with Gasteiger partial charge in [-0.25, -0.2) is 18.4 Å². The molecule has 2 N–H and O–H groups in total. The number of carbonyl (C=O) groups excluding carboxylic acids is 2. The van der Waals surface area contributed by atoms with Gasteiger partial charge in [-0.2, -0.15) is 0 Å². The van der Waals surface area contributed by atoms with Crippen LogP contribution in [0.2, 0.25) is 0 Å². The van der Waals surface area contributed by atoms with E-state index in [-0.39, 0.29) is 35.0 Å². The maximum atomic E-state index is 12.8. The molecule has 13 heteroatoms. The Morgan fingerprint density at radius 3 is 1.97 bits per heavy atom. The van der Waals surface area contributed by atoms with Crippen molar-refractivity contribution >= 4 is 22.0 Å². The number of hydrogen-bond donors (Lipinski definition) is 1. The van der Waals surface area contributed by atoms with Crippen LogP contribution in [0.5, 0.6) is 5.75 Å². The summed E-state index contributed by atoms with van der Waals surface area (Å²) in [5, 5.41) is 5.08. The molecule has 0 saturated carbocycles. The van der Waals surface area contributed by atoms with Gasteiger partial charge in [0.25, 0.3) is 5.91 Å². The first-order valence-electron chi connectivity index (χ1n) is 10.6. The highest BCUT2D eigenvalue weighted by Gasteiger charge is 2.43. The lowest BCUT2D eigenvalue weighted by molar-refractivity contribution is -0.274. The van der Waals surface area contributed by atoms with Gasteiger partial charge in [-0.1, -0.05) is 12.1 Å². The fourth-order valence-electron chi connectivity index (χ4n) is 4.30. The van der Waals surface area contributed by atoms with E-state index in [4.69, 9.17) is 9.88 Å². The summed E-state index contributed by atoms with van der Waals surface area (Å²) in [4.78, 5) is 28.4. The number of benzene rings is 2. The van der Waals surface area contributed by atoms with Crippen LogP contribution in [-0.2, 0) is 21.4 Å². The van der Waals surface area contributed by atoms with E-state index in [9.17, 15) is 31.2 Å². The van der Waals surface area contributed by atoms with Crippen molar-refractivity contribution in [3.63, 3.8) is 0 Å². The van der Waals surface area contributed by atoms with Crippen molar-refractivity contribution in [2.45, 2.75) is 17.9 Å². The number of nitrogens with two attached hydrogens (primary N) is 1. The molecule has 0 spiro atoms. The maximum absolute atomic E-state index is 12.8. The van der Waals surface area contributed by atoms with Crippen molar-refractivity contribution in [3.8, 4) is 5.75 Å². The Balaban J connectivity index is 1.26. The first-order chi connectivity index (χ1) is 16.4. The van der Waals surface area contributed by atoms with E-state index in [0.717, 1.165) is 12.1 Å². The van der Waals surface area contributed by atoms with Crippen molar-refractivity contribution in [1.82, 2.24) is 9.80 Å². The zero-order chi connectivity index (χ0) is 25.4. The molecule has 2 saturated heterocycles. The predicted molar refractivity (Wildman–Crippen MR) is 116 cm³/mol. The second kappa shape index (κ2) is 9.38. The number of primary sulfonamides is 1. The van der Waals surface area contributed by atoms with Gasteiger partial charge in [0.1, 0.15) is 12.4 Å². The average molecular weight is 513 g/mol. The Morgan fingerprint density at radius 1 is 0.914 bits per heavy atom. The molecule has 0 radical (unpaired) electrons. The van der Waals surface area contributed by atoms with Crippen LogP contribution >= 0.6 is 0 Å². The molecule has 4 rings (SSSR count). The topological polar surface area (TPSA) is 119 Å². The minimum absolute atomic E-state index is 0.0768. The number of sulfonamides is 1. The largest absolute Gasteiger partial charge is 0.573 e. The Bertz CT molecular complexity index is 1190. The fourth-order valence-corrected chi connectivity index (χ4v) is 4.82. The minimum Gasteiger partial charge on any atom is -0.445 e. The lowest BCUT2D eigenvalue weighted by Crippen LogP contribution is -2.35. The molecule has 0 aromatic heterocycles. The van der Waals surface area contributed by atoms with Gasteiger partial charge in [0.2, 0.25) is 10.0 Å². The number of ether oxygens (including phenoxy) is 2. The van der Waals surface area contributed by atoms with Gasteiger partial charge in [-0.15, -0.1) is 13.2 Å². The van der Waals surface area contributed by atoms with E-state index in [1.54, 1.807) is 9.80 Å². The summed E-state index contributed by atoms with van der Waals surface area (Å²) < 4.78 is 68.5. The smallest absolute Gasteiger partial charge is 0.445 e. The molecule has 2 aromatic carbocycles. The van der Waals surface area contributed by atoms with Crippen LogP contribution in [0, 0.1) is 11.8 Å². The third kappa shape index (κ3) is 6.03. The van der Waals surface area contributed by atoms with Gasteiger partial charge in [-0.05, 0) is 42.0 Å². The molecule has 2 fully saturated rings. The van der Waals surface area contributed by atoms with Crippen LogP contribution in [0.15, 0.2) is 53.4 Å². The van der Waals surface area contributed by atoms with Crippen LogP contribution in [0.1, 0.15) is 15.9 Å². The molecule has 0 bridgehead atoms. The summed E-state index contributed by atoms with van der Waals surface area (Å²) in [5.74, 6) is -0.435. The zero-order valence-electron chi connectivity index (χ0n) is 18.3. The summed E-state index contributed by atoms with van der Waals surface area (Å²) >= 11 is 0. The number of halogens is 3. The quantitative estimate of drug-likeness (QED) is 0.657. The SMILES string of the molecule is NS(=O)(=O)c1ccc(C(=O)N2C[C@H]3CN(C(=O)OCc4ccc(OC(F)(F)F)cc4)C[C@@H]3C2)cc1. The Kier molecular flexibility index (Phi) is 6.64. The van der Waals surface area contributed by atoms with Crippen molar-refractivity contribution in [2.75, 3.05) is 26.2 Å². The number of hydrogen-bond acceptors (Lipinski definition) is 6. The van der Waals surface area contributed by atoms with Crippen LogP contribution in [0.3, 0.4) is 0 Å². The van der Waals surface area contributed by atoms with Gasteiger partial charge in [0.05, 0.1) is 4.90 Å². The first kappa shape index (κ1) is 24.8. The van der Waals surface area contributed by atoms with Crippen LogP contribution in [0.4, 0.5) is 18.0 Å². The van der Waals surface area contributed by atoms with Crippen LogP contribution in [-0.4, -0.2) is 62.8 Å². The van der Waals surface area contributed by atoms with Gasteiger partial charge in [0, 0.05) is 43.6 Å². The molecule has 0 unspecified atom stereocenters. The van der Waals surface area contributed by atoms with E-state index in [1.165, 1.54) is 36.4 Å². The van der Waals surface area contributed by atoms with Crippen molar-refractivity contribution < 1.29 is 40.7 Å². The lowest BCUT2D eigenvalue weighted by atomic mass is 10.0. The monoisotopic (exact) mass is 513 g/mol. The molecular formula is C22H22F3N3O6S. The number of rotatable bonds is 5. The van der Waals surface area contributed by atoms with Gasteiger partial charge in [0.15, 0.2) is 0 Å². The lowest BCUT2D eigenvalue weighted by Gasteiger charge is -2.21. The van der Waals surface area contributed by atoms with Gasteiger partial charge in [-0.3, -0.25) is 4.79 Å². The number of alkyl halides is 3. The molecule has 2 heterocycles. The Labute approximate surface area is 199 Å². The molecule has 2 atom stereocenters. The number of carbonyl (C=O) groups is 2. The Hall–Kier alpha value is -3.32. The predicted octanol–water partition coefficient (Wildman–Crippen LogP) is 2.57. The molecular weight excluding hydrogens is 491 g/mol. The Morgan fingerprint density at radius 2 is 1.46 bits per heavy atom. The summed E-state index contributed by atoms with van der Waals surface area (Å²) in [5.41, 5.74) is 0.859. The van der Waals surface area contributed by atoms with Gasteiger partial charge >= 0.3 is 12.5 Å². The third-order valence-electron chi connectivity index (χ3n) is 5.98. The number of fused-ring (bicyclic) bond motifs is 1. The average Bonchev–Trinajstić information content (AvgIpc) is 3.36. The second-order valence-electron chi connectivity index (χ2n) is 8.45.